The Balaban J connectivity index is 4.29. The molecule has 0 aliphatic rings. The molecule has 0 radical (unpaired) electrons. The monoisotopic (exact) mass is 180 g/mol. The molecular weight excluding hydrogens is 156 g/mol. The molecular formula is C13H24. The normalized spacial score (nSPS) is 16.1. The van der Waals surface area contributed by atoms with Crippen LogP contribution in [0.1, 0.15) is 53.9 Å². The molecule has 1 unspecified atom stereocenters. The minimum Gasteiger partial charge on any atom is -0.0882 e. The molecule has 76 valence electrons. The molecule has 0 aliphatic heterocycles. The van der Waals surface area contributed by atoms with Crippen molar-refractivity contribution >= 4 is 0 Å². The minimum atomic E-state index is 0.617. The fraction of sp³-hybridized carbons (Fsp3) is 0.692. The van der Waals surface area contributed by atoms with Gasteiger partial charge < -0.3 is 0 Å². The van der Waals surface area contributed by atoms with Crippen molar-refractivity contribution in [3.05, 3.63) is 23.3 Å². The van der Waals surface area contributed by atoms with Gasteiger partial charge in [0.05, 0.1) is 0 Å². The summed E-state index contributed by atoms with van der Waals surface area (Å²) in [5.41, 5.74) is 3.11. The van der Waals surface area contributed by atoms with E-state index in [0.29, 0.717) is 5.92 Å². The average molecular weight is 180 g/mol. The molecule has 0 heteroatoms. The number of rotatable bonds is 5. The molecule has 0 saturated heterocycles. The van der Waals surface area contributed by atoms with Crippen molar-refractivity contribution in [3.63, 3.8) is 0 Å². The zero-order valence-electron chi connectivity index (χ0n) is 9.85. The Labute approximate surface area is 83.7 Å². The van der Waals surface area contributed by atoms with Crippen molar-refractivity contribution in [1.29, 1.82) is 0 Å². The van der Waals surface area contributed by atoms with Crippen molar-refractivity contribution in [2.45, 2.75) is 53.9 Å². The predicted molar refractivity (Wildman–Crippen MR) is 61.9 cm³/mol. The summed E-state index contributed by atoms with van der Waals surface area (Å²) in [7, 11) is 0. The molecule has 0 aromatic carbocycles. The fourth-order valence-corrected chi connectivity index (χ4v) is 1.45. The highest BCUT2D eigenvalue weighted by molar-refractivity contribution is 5.16. The first kappa shape index (κ1) is 12.5. The number of allylic oxidation sites excluding steroid dienone is 4. The van der Waals surface area contributed by atoms with E-state index in [4.69, 9.17) is 0 Å². The molecule has 1 atom stereocenters. The molecule has 0 fully saturated rings. The predicted octanol–water partition coefficient (Wildman–Crippen LogP) is 4.73. The van der Waals surface area contributed by atoms with Crippen LogP contribution in [0.2, 0.25) is 0 Å². The molecule has 0 aromatic heterocycles. The van der Waals surface area contributed by atoms with Gasteiger partial charge >= 0.3 is 0 Å². The van der Waals surface area contributed by atoms with Crippen molar-refractivity contribution < 1.29 is 0 Å². The van der Waals surface area contributed by atoms with Crippen LogP contribution in [0.3, 0.4) is 0 Å². The first-order chi connectivity index (χ1) is 6.13. The van der Waals surface area contributed by atoms with Crippen molar-refractivity contribution in [3.8, 4) is 0 Å². The van der Waals surface area contributed by atoms with Crippen LogP contribution in [0.4, 0.5) is 0 Å². The summed E-state index contributed by atoms with van der Waals surface area (Å²) < 4.78 is 0. The second-order valence-corrected chi connectivity index (χ2v) is 3.84. The van der Waals surface area contributed by atoms with Gasteiger partial charge in [0, 0.05) is 0 Å². The second-order valence-electron chi connectivity index (χ2n) is 3.84. The SMILES string of the molecule is CCC=CC(C)C(C)=C(C)CCC. The highest BCUT2D eigenvalue weighted by atomic mass is 14.1. The molecule has 0 rings (SSSR count). The van der Waals surface area contributed by atoms with Crippen LogP contribution in [-0.4, -0.2) is 0 Å². The molecule has 0 spiro atoms. The van der Waals surface area contributed by atoms with E-state index < -0.39 is 0 Å². The topological polar surface area (TPSA) is 0 Å². The van der Waals surface area contributed by atoms with Crippen LogP contribution in [0.25, 0.3) is 0 Å². The largest absolute Gasteiger partial charge is 0.0882 e. The van der Waals surface area contributed by atoms with Crippen LogP contribution in [0.15, 0.2) is 23.3 Å². The van der Waals surface area contributed by atoms with Gasteiger partial charge in [0.15, 0.2) is 0 Å². The maximum atomic E-state index is 2.31. The lowest BCUT2D eigenvalue weighted by Gasteiger charge is -2.11. The van der Waals surface area contributed by atoms with E-state index in [2.05, 4.69) is 46.8 Å². The summed E-state index contributed by atoms with van der Waals surface area (Å²) in [6.45, 7) is 11.2. The fourth-order valence-electron chi connectivity index (χ4n) is 1.45. The molecule has 0 N–H and O–H groups in total. The van der Waals surface area contributed by atoms with E-state index in [-0.39, 0.29) is 0 Å². The molecule has 13 heavy (non-hydrogen) atoms. The van der Waals surface area contributed by atoms with Crippen LogP contribution in [0.5, 0.6) is 0 Å². The lowest BCUT2D eigenvalue weighted by atomic mass is 9.95. The van der Waals surface area contributed by atoms with Crippen LogP contribution >= 0.6 is 0 Å². The van der Waals surface area contributed by atoms with E-state index >= 15 is 0 Å². The van der Waals surface area contributed by atoms with Gasteiger partial charge in [0.2, 0.25) is 0 Å². The van der Waals surface area contributed by atoms with Crippen molar-refractivity contribution in [2.75, 3.05) is 0 Å². The lowest BCUT2D eigenvalue weighted by molar-refractivity contribution is 0.800. The van der Waals surface area contributed by atoms with E-state index in [9.17, 15) is 0 Å². The van der Waals surface area contributed by atoms with Gasteiger partial charge in [0.1, 0.15) is 0 Å². The third-order valence-corrected chi connectivity index (χ3v) is 2.64. The minimum absolute atomic E-state index is 0.617. The third kappa shape index (κ3) is 4.92. The smallest absolute Gasteiger partial charge is 0.00519 e. The highest BCUT2D eigenvalue weighted by Gasteiger charge is 2.02. The maximum absolute atomic E-state index is 2.31. The van der Waals surface area contributed by atoms with E-state index in [0.717, 1.165) is 6.42 Å². The van der Waals surface area contributed by atoms with Gasteiger partial charge in [-0.15, -0.1) is 0 Å². The Morgan fingerprint density at radius 2 is 1.85 bits per heavy atom. The Bertz CT molecular complexity index is 184. The summed E-state index contributed by atoms with van der Waals surface area (Å²) in [5, 5.41) is 0. The van der Waals surface area contributed by atoms with Crippen LogP contribution in [-0.2, 0) is 0 Å². The van der Waals surface area contributed by atoms with Gasteiger partial charge in [-0.1, -0.05) is 50.5 Å². The lowest BCUT2D eigenvalue weighted by Crippen LogP contribution is -1.95. The maximum Gasteiger partial charge on any atom is -0.00519 e. The van der Waals surface area contributed by atoms with Crippen LogP contribution in [0, 0.1) is 5.92 Å². The molecule has 0 nitrogen and oxygen atoms in total. The Morgan fingerprint density at radius 3 is 2.31 bits per heavy atom. The van der Waals surface area contributed by atoms with Crippen molar-refractivity contribution in [2.24, 2.45) is 5.92 Å². The van der Waals surface area contributed by atoms with Crippen molar-refractivity contribution in [1.82, 2.24) is 0 Å². The molecule has 0 heterocycles. The number of hydrogen-bond acceptors (Lipinski definition) is 0. The summed E-state index contributed by atoms with van der Waals surface area (Å²) in [6.07, 6.45) is 8.22. The molecule has 0 saturated carbocycles. The van der Waals surface area contributed by atoms with Gasteiger partial charge in [0.25, 0.3) is 0 Å². The number of hydrogen-bond donors (Lipinski definition) is 0. The summed E-state index contributed by atoms with van der Waals surface area (Å²) in [4.78, 5) is 0. The Hall–Kier alpha value is -0.520. The zero-order valence-corrected chi connectivity index (χ0v) is 9.85. The van der Waals surface area contributed by atoms with Crippen LogP contribution < -0.4 is 0 Å². The molecule has 0 amide bonds. The molecule has 0 aliphatic carbocycles. The summed E-state index contributed by atoms with van der Waals surface area (Å²) >= 11 is 0. The Kier molecular flexibility index (Phi) is 6.66. The van der Waals surface area contributed by atoms with E-state index in [1.807, 2.05) is 0 Å². The first-order valence-corrected chi connectivity index (χ1v) is 5.46. The summed E-state index contributed by atoms with van der Waals surface area (Å²) in [6, 6.07) is 0. The van der Waals surface area contributed by atoms with Gasteiger partial charge in [-0.25, -0.2) is 0 Å². The Morgan fingerprint density at radius 1 is 1.23 bits per heavy atom. The van der Waals surface area contributed by atoms with Gasteiger partial charge in [-0.3, -0.25) is 0 Å². The first-order valence-electron chi connectivity index (χ1n) is 5.46. The summed E-state index contributed by atoms with van der Waals surface area (Å²) in [5.74, 6) is 0.617. The standard InChI is InChI=1S/C13H24/c1-6-8-10-12(4)13(5)11(3)9-7-2/h8,10,12H,6-7,9H2,1-5H3. The molecule has 0 aromatic rings. The molecule has 0 bridgehead atoms. The van der Waals surface area contributed by atoms with E-state index in [1.165, 1.54) is 12.8 Å². The average Bonchev–Trinajstić information content (AvgIpc) is 2.13. The second kappa shape index (κ2) is 6.94. The highest BCUT2D eigenvalue weighted by Crippen LogP contribution is 2.19. The quantitative estimate of drug-likeness (QED) is 0.537. The zero-order chi connectivity index (χ0) is 10.3. The van der Waals surface area contributed by atoms with E-state index in [1.54, 1.807) is 11.1 Å². The van der Waals surface area contributed by atoms with Gasteiger partial charge in [-0.05, 0) is 32.6 Å². The van der Waals surface area contributed by atoms with Gasteiger partial charge in [-0.2, -0.15) is 0 Å². The third-order valence-electron chi connectivity index (χ3n) is 2.64.